The molecule has 2 amide bonds. The molecule has 3 aromatic carbocycles. The number of rotatable bonds is 12. The molecule has 0 fully saturated rings. The van der Waals surface area contributed by atoms with Gasteiger partial charge in [-0.1, -0.05) is 73.2 Å². The van der Waals surface area contributed by atoms with Gasteiger partial charge in [0.2, 0.25) is 11.8 Å². The summed E-state index contributed by atoms with van der Waals surface area (Å²) >= 11 is 0. The Morgan fingerprint density at radius 1 is 0.872 bits per heavy atom. The normalized spacial score (nSPS) is 12.8. The number of sulfonamides is 1. The van der Waals surface area contributed by atoms with Gasteiger partial charge in [-0.2, -0.15) is 0 Å². The Bertz CT molecular complexity index is 1360. The molecule has 8 heteroatoms. The van der Waals surface area contributed by atoms with Gasteiger partial charge >= 0.3 is 0 Å². The lowest BCUT2D eigenvalue weighted by atomic mass is 10.1. The van der Waals surface area contributed by atoms with Gasteiger partial charge in [0.15, 0.2) is 0 Å². The van der Waals surface area contributed by atoms with E-state index in [1.54, 1.807) is 43.3 Å². The van der Waals surface area contributed by atoms with Crippen LogP contribution < -0.4 is 9.62 Å². The van der Waals surface area contributed by atoms with E-state index < -0.39 is 28.5 Å². The second-order valence-electron chi connectivity index (χ2n) is 9.93. The highest BCUT2D eigenvalue weighted by molar-refractivity contribution is 7.92. The van der Waals surface area contributed by atoms with Crippen molar-refractivity contribution < 1.29 is 18.0 Å². The average Bonchev–Trinajstić information content (AvgIpc) is 2.92. The zero-order chi connectivity index (χ0) is 28.6. The Labute approximate surface area is 232 Å². The lowest BCUT2D eigenvalue weighted by Gasteiger charge is -2.33. The molecule has 0 spiro atoms. The number of carbonyl (C=O) groups is 2. The van der Waals surface area contributed by atoms with Crippen LogP contribution >= 0.6 is 0 Å². The van der Waals surface area contributed by atoms with Crippen LogP contribution in [0, 0.1) is 13.8 Å². The number of anilines is 1. The Morgan fingerprint density at radius 2 is 1.49 bits per heavy atom. The molecule has 0 bridgehead atoms. The molecule has 1 N–H and O–H groups in total. The number of carbonyl (C=O) groups excluding carboxylic acids is 2. The summed E-state index contributed by atoms with van der Waals surface area (Å²) in [6.07, 6.45) is 1.29. The zero-order valence-corrected chi connectivity index (χ0v) is 24.2. The number of nitrogens with one attached hydrogen (secondary N) is 1. The molecule has 0 heterocycles. The largest absolute Gasteiger partial charge is 0.352 e. The minimum Gasteiger partial charge on any atom is -0.352 e. The Morgan fingerprint density at radius 3 is 2.10 bits per heavy atom. The number of nitrogens with zero attached hydrogens (tertiary/aromatic N) is 2. The minimum atomic E-state index is -4.07. The summed E-state index contributed by atoms with van der Waals surface area (Å²) in [4.78, 5) is 28.6. The van der Waals surface area contributed by atoms with E-state index in [2.05, 4.69) is 5.32 Å². The van der Waals surface area contributed by atoms with Crippen LogP contribution in [0.1, 0.15) is 43.9 Å². The van der Waals surface area contributed by atoms with Crippen LogP contribution in [0.25, 0.3) is 0 Å². The van der Waals surface area contributed by atoms with Gasteiger partial charge in [-0.3, -0.25) is 13.9 Å². The molecule has 0 aliphatic rings. The number of hydrogen-bond donors (Lipinski definition) is 1. The highest BCUT2D eigenvalue weighted by Crippen LogP contribution is 2.27. The molecule has 0 radical (unpaired) electrons. The number of benzene rings is 3. The van der Waals surface area contributed by atoms with Crippen molar-refractivity contribution >= 4 is 27.5 Å². The molecule has 0 unspecified atom stereocenters. The van der Waals surface area contributed by atoms with E-state index in [1.807, 2.05) is 70.2 Å². The van der Waals surface area contributed by atoms with Crippen LogP contribution in [0.2, 0.25) is 0 Å². The van der Waals surface area contributed by atoms with Crippen LogP contribution in [-0.2, 0) is 26.0 Å². The summed E-state index contributed by atoms with van der Waals surface area (Å²) in [5, 5.41) is 2.95. The number of hydrogen-bond acceptors (Lipinski definition) is 4. The van der Waals surface area contributed by atoms with Crippen molar-refractivity contribution in [1.82, 2.24) is 10.2 Å². The first-order chi connectivity index (χ1) is 18.5. The van der Waals surface area contributed by atoms with Crippen molar-refractivity contribution in [2.24, 2.45) is 0 Å². The third kappa shape index (κ3) is 7.69. The zero-order valence-electron chi connectivity index (χ0n) is 23.4. The summed E-state index contributed by atoms with van der Waals surface area (Å²) in [6.45, 7) is 9.11. The number of para-hydroxylation sites is 1. The first-order valence-electron chi connectivity index (χ1n) is 13.3. The van der Waals surface area contributed by atoms with Gasteiger partial charge in [-0.05, 0) is 69.9 Å². The van der Waals surface area contributed by atoms with Crippen LogP contribution in [-0.4, -0.2) is 50.3 Å². The summed E-state index contributed by atoms with van der Waals surface area (Å²) in [6, 6.07) is 22.5. The van der Waals surface area contributed by atoms with Crippen molar-refractivity contribution in [2.45, 2.75) is 64.4 Å². The standard InChI is InChI=1S/C31H39N3O4S/c1-6-25(4)32-31(36)26(5)33(21-20-27-13-8-7-9-14-27)30(35)22-34(29-15-11-10-12-24(29)3)39(37,38)28-18-16-23(2)17-19-28/h7-19,25-26H,6,20-22H2,1-5H3,(H,32,36)/t25-,26-/m1/s1. The van der Waals surface area contributed by atoms with Gasteiger partial charge < -0.3 is 10.2 Å². The second kappa shape index (κ2) is 13.4. The van der Waals surface area contributed by atoms with Gasteiger partial charge in [0.1, 0.15) is 12.6 Å². The van der Waals surface area contributed by atoms with Crippen molar-refractivity contribution in [1.29, 1.82) is 0 Å². The van der Waals surface area contributed by atoms with Crippen molar-refractivity contribution in [2.75, 3.05) is 17.4 Å². The molecule has 0 aromatic heterocycles. The molecule has 0 saturated heterocycles. The van der Waals surface area contributed by atoms with E-state index >= 15 is 0 Å². The van der Waals surface area contributed by atoms with Gasteiger partial charge in [0.05, 0.1) is 10.6 Å². The van der Waals surface area contributed by atoms with Gasteiger partial charge in [-0.15, -0.1) is 0 Å². The molecular weight excluding hydrogens is 510 g/mol. The molecule has 39 heavy (non-hydrogen) atoms. The topological polar surface area (TPSA) is 86.8 Å². The van der Waals surface area contributed by atoms with Crippen molar-refractivity contribution in [3.8, 4) is 0 Å². The molecule has 0 aliphatic carbocycles. The highest BCUT2D eigenvalue weighted by Gasteiger charge is 2.33. The summed E-state index contributed by atoms with van der Waals surface area (Å²) < 4.78 is 29.0. The van der Waals surface area contributed by atoms with Gasteiger partial charge in [0, 0.05) is 12.6 Å². The van der Waals surface area contributed by atoms with Crippen LogP contribution in [0.4, 0.5) is 5.69 Å². The van der Waals surface area contributed by atoms with Crippen LogP contribution in [0.5, 0.6) is 0 Å². The lowest BCUT2D eigenvalue weighted by molar-refractivity contribution is -0.139. The molecular formula is C31H39N3O4S. The second-order valence-corrected chi connectivity index (χ2v) is 11.8. The average molecular weight is 550 g/mol. The van der Waals surface area contributed by atoms with E-state index in [4.69, 9.17) is 0 Å². The predicted octanol–water partition coefficient (Wildman–Crippen LogP) is 4.87. The minimum absolute atomic E-state index is 0.0450. The van der Waals surface area contributed by atoms with E-state index in [1.165, 1.54) is 4.90 Å². The number of aryl methyl sites for hydroxylation is 2. The monoisotopic (exact) mass is 549 g/mol. The first-order valence-corrected chi connectivity index (χ1v) is 14.8. The summed E-state index contributed by atoms with van der Waals surface area (Å²) in [7, 11) is -4.07. The summed E-state index contributed by atoms with van der Waals surface area (Å²) in [5.41, 5.74) is 3.10. The maximum absolute atomic E-state index is 13.9. The van der Waals surface area contributed by atoms with E-state index in [0.717, 1.165) is 27.4 Å². The van der Waals surface area contributed by atoms with Crippen molar-refractivity contribution in [3.63, 3.8) is 0 Å². The predicted molar refractivity (Wildman–Crippen MR) is 156 cm³/mol. The van der Waals surface area contributed by atoms with Crippen LogP contribution in [0.3, 0.4) is 0 Å². The smallest absolute Gasteiger partial charge is 0.264 e. The fraction of sp³-hybridized carbons (Fsp3) is 0.355. The maximum Gasteiger partial charge on any atom is 0.264 e. The molecule has 3 rings (SSSR count). The molecule has 2 atom stereocenters. The van der Waals surface area contributed by atoms with Gasteiger partial charge in [-0.25, -0.2) is 8.42 Å². The Hall–Kier alpha value is -3.65. The van der Waals surface area contributed by atoms with E-state index in [9.17, 15) is 18.0 Å². The molecule has 3 aromatic rings. The van der Waals surface area contributed by atoms with E-state index in [0.29, 0.717) is 12.1 Å². The van der Waals surface area contributed by atoms with E-state index in [-0.39, 0.29) is 23.4 Å². The first kappa shape index (κ1) is 29.9. The Balaban J connectivity index is 1.98. The number of amides is 2. The third-order valence-electron chi connectivity index (χ3n) is 6.92. The summed E-state index contributed by atoms with van der Waals surface area (Å²) in [5.74, 6) is -0.716. The quantitative estimate of drug-likeness (QED) is 0.349. The highest BCUT2D eigenvalue weighted by atomic mass is 32.2. The molecule has 208 valence electrons. The van der Waals surface area contributed by atoms with Gasteiger partial charge in [0.25, 0.3) is 10.0 Å². The molecule has 0 saturated carbocycles. The molecule has 7 nitrogen and oxygen atoms in total. The fourth-order valence-corrected chi connectivity index (χ4v) is 5.71. The lowest BCUT2D eigenvalue weighted by Crippen LogP contribution is -2.53. The maximum atomic E-state index is 13.9. The third-order valence-corrected chi connectivity index (χ3v) is 8.70. The van der Waals surface area contributed by atoms with Crippen LogP contribution in [0.15, 0.2) is 83.8 Å². The SMILES string of the molecule is CC[C@@H](C)NC(=O)[C@@H](C)N(CCc1ccccc1)C(=O)CN(c1ccccc1C)S(=O)(=O)c1ccc(C)cc1. The fourth-order valence-electron chi connectivity index (χ4n) is 4.23. The molecule has 0 aliphatic heterocycles. The van der Waals surface area contributed by atoms with Crippen molar-refractivity contribution in [3.05, 3.63) is 95.6 Å². The Kier molecular flexibility index (Phi) is 10.3.